The number of aryl methyl sites for hydroxylation is 2. The zero-order valence-electron chi connectivity index (χ0n) is 33.3. The van der Waals surface area contributed by atoms with Crippen LogP contribution in [0.15, 0.2) is 76.4 Å². The number of anilines is 3. The molecule has 1 amide bonds. The first-order chi connectivity index (χ1) is 29.3. The number of benzene rings is 3. The van der Waals surface area contributed by atoms with Gasteiger partial charge in [-0.2, -0.15) is 4.98 Å². The molecule has 3 aromatic carbocycles. The lowest BCUT2D eigenvalue weighted by Crippen LogP contribution is -2.41. The number of nitrogen functional groups attached to an aromatic ring is 1. The number of nitrogens with zero attached hydrogens (tertiary/aromatic N) is 4. The second-order valence-corrected chi connectivity index (χ2v) is 15.4. The van der Waals surface area contributed by atoms with Gasteiger partial charge in [-0.05, 0) is 106 Å². The lowest BCUT2D eigenvalue weighted by molar-refractivity contribution is -0.140. The monoisotopic (exact) mass is 901 g/mol. The number of nitrogens with one attached hydrogen (secondary N) is 4. The van der Waals surface area contributed by atoms with Gasteiger partial charge < -0.3 is 45.9 Å². The van der Waals surface area contributed by atoms with Crippen molar-refractivity contribution in [2.45, 2.75) is 44.6 Å². The largest absolute Gasteiger partial charge is 0.493 e. The highest BCUT2D eigenvalue weighted by Crippen LogP contribution is 2.36. The van der Waals surface area contributed by atoms with E-state index < -0.39 is 23.9 Å². The molecule has 0 aliphatic carbocycles. The maximum absolute atomic E-state index is 14.3. The molecule has 0 spiro atoms. The molecule has 7 rings (SSSR count). The number of carboxylic acids is 2. The highest BCUT2D eigenvalue weighted by molar-refractivity contribution is 9.10. The van der Waals surface area contributed by atoms with E-state index in [0.717, 1.165) is 42.4 Å². The van der Waals surface area contributed by atoms with Crippen LogP contribution in [0, 0.1) is 11.7 Å². The van der Waals surface area contributed by atoms with Crippen LogP contribution in [-0.4, -0.2) is 97.8 Å². The summed E-state index contributed by atoms with van der Waals surface area (Å²) in [5, 5.41) is 24.4. The summed E-state index contributed by atoms with van der Waals surface area (Å²) in [7, 11) is 3.75. The van der Waals surface area contributed by atoms with Gasteiger partial charge in [0.1, 0.15) is 29.7 Å². The van der Waals surface area contributed by atoms with Crippen molar-refractivity contribution in [3.05, 3.63) is 104 Å². The average Bonchev–Trinajstić information content (AvgIpc) is 3.65. The Hall–Kier alpha value is -6.60. The van der Waals surface area contributed by atoms with Crippen molar-refractivity contribution in [3.8, 4) is 11.5 Å². The number of ether oxygens (including phenoxy) is 2. The van der Waals surface area contributed by atoms with Crippen LogP contribution < -0.4 is 31.4 Å². The molecule has 1 aliphatic rings. The zero-order valence-corrected chi connectivity index (χ0v) is 34.9. The van der Waals surface area contributed by atoms with E-state index in [1.807, 2.05) is 12.1 Å². The van der Waals surface area contributed by atoms with Gasteiger partial charge in [0.15, 0.2) is 11.5 Å². The Morgan fingerprint density at radius 3 is 2.49 bits per heavy atom. The van der Waals surface area contributed by atoms with Gasteiger partial charge in [0, 0.05) is 34.1 Å². The molecule has 1 aliphatic heterocycles. The topological polar surface area (TPSA) is 251 Å². The Labute approximate surface area is 357 Å². The minimum atomic E-state index is -1.30. The van der Waals surface area contributed by atoms with Crippen LogP contribution in [0.4, 0.5) is 21.8 Å². The van der Waals surface area contributed by atoms with E-state index in [2.05, 4.69) is 63.4 Å². The molecule has 1 fully saturated rings. The first-order valence-corrected chi connectivity index (χ1v) is 20.1. The van der Waals surface area contributed by atoms with Crippen LogP contribution in [0.5, 0.6) is 11.5 Å². The zero-order chi connectivity index (χ0) is 43.6. The first kappa shape index (κ1) is 44.0. The number of aliphatic carboxylic acids is 2. The molecule has 17 nitrogen and oxygen atoms in total. The van der Waals surface area contributed by atoms with Gasteiger partial charge in [-0.1, -0.05) is 28.1 Å². The van der Waals surface area contributed by atoms with E-state index in [4.69, 9.17) is 25.4 Å². The fraction of sp³-hybridized carbons (Fsp3) is 0.310. The lowest BCUT2D eigenvalue weighted by Gasteiger charge is -2.28. The number of nitrogens with two attached hydrogens (primary N) is 1. The predicted molar refractivity (Wildman–Crippen MR) is 230 cm³/mol. The van der Waals surface area contributed by atoms with Crippen molar-refractivity contribution in [3.63, 3.8) is 0 Å². The molecule has 3 aromatic heterocycles. The van der Waals surface area contributed by atoms with Gasteiger partial charge >= 0.3 is 11.9 Å². The van der Waals surface area contributed by atoms with Crippen molar-refractivity contribution in [1.82, 2.24) is 35.1 Å². The van der Waals surface area contributed by atoms with Crippen LogP contribution in [0.3, 0.4) is 0 Å². The predicted octanol–water partition coefficient (Wildman–Crippen LogP) is 5.67. The summed E-state index contributed by atoms with van der Waals surface area (Å²) in [5.41, 5.74) is 8.62. The minimum Gasteiger partial charge on any atom is -0.493 e. The summed E-state index contributed by atoms with van der Waals surface area (Å²) in [6, 6.07) is 13.8. The Morgan fingerprint density at radius 1 is 1.05 bits per heavy atom. The number of fused-ring (bicyclic) bond motifs is 2. The molecule has 8 N–H and O–H groups in total. The maximum Gasteiger partial charge on any atom is 0.326 e. The second-order valence-electron chi connectivity index (χ2n) is 14.5. The normalized spacial score (nSPS) is 13.6. The molecule has 0 saturated carbocycles. The number of carbonyl (C=O) groups is 3. The van der Waals surface area contributed by atoms with Crippen LogP contribution in [-0.2, 0) is 22.4 Å². The van der Waals surface area contributed by atoms with Crippen LogP contribution in [0.25, 0.3) is 21.9 Å². The van der Waals surface area contributed by atoms with Crippen molar-refractivity contribution >= 4 is 73.2 Å². The number of H-pyrrole nitrogens is 2. The SMILES string of the molecule is COc1cc2c(Nc3ccc(Br)cc3F)ncnc2cc1OCC1CCN(C)CC1.Nc1nc2[nH]cc(CCc3ccc(C(=O)N[C@@H](CCC(=O)O)C(=O)O)cc3)c2c(=O)[nH]1. The number of carbonyl (C=O) groups excluding carboxylic acids is 1. The van der Waals surface area contributed by atoms with Gasteiger partial charge in [-0.3, -0.25) is 19.4 Å². The number of piperidine rings is 1. The number of methoxy groups -OCH3 is 1. The summed E-state index contributed by atoms with van der Waals surface area (Å²) in [6.45, 7) is 2.84. The number of aromatic nitrogens is 5. The van der Waals surface area contributed by atoms with Crippen molar-refractivity contribution < 1.29 is 38.5 Å². The quantitative estimate of drug-likeness (QED) is 0.0656. The van der Waals surface area contributed by atoms with Gasteiger partial charge in [0.05, 0.1) is 30.3 Å². The molecular weight excluding hydrogens is 857 g/mol. The molecule has 0 unspecified atom stereocenters. The van der Waals surface area contributed by atoms with Crippen LogP contribution in [0.1, 0.15) is 47.2 Å². The molecule has 0 bridgehead atoms. The van der Waals surface area contributed by atoms with E-state index in [9.17, 15) is 23.6 Å². The molecule has 1 saturated heterocycles. The van der Waals surface area contributed by atoms with E-state index >= 15 is 0 Å². The van der Waals surface area contributed by atoms with E-state index in [0.29, 0.717) is 69.4 Å². The minimum absolute atomic E-state index is 0.0351. The third-order valence-corrected chi connectivity index (χ3v) is 10.7. The Morgan fingerprint density at radius 2 is 1.80 bits per heavy atom. The molecule has 6 aromatic rings. The molecular formula is C42H45BrFN9O8. The molecule has 61 heavy (non-hydrogen) atoms. The Balaban J connectivity index is 0.000000204. The number of likely N-dealkylation sites (tertiary alicyclic amines) is 1. The third kappa shape index (κ3) is 11.6. The van der Waals surface area contributed by atoms with Gasteiger partial charge in [-0.15, -0.1) is 0 Å². The van der Waals surface area contributed by atoms with E-state index in [-0.39, 0.29) is 35.7 Å². The van der Waals surface area contributed by atoms with Crippen LogP contribution in [0.2, 0.25) is 0 Å². The highest BCUT2D eigenvalue weighted by Gasteiger charge is 2.22. The number of halogens is 2. The first-order valence-electron chi connectivity index (χ1n) is 19.3. The smallest absolute Gasteiger partial charge is 0.326 e. The average molecular weight is 903 g/mol. The van der Waals surface area contributed by atoms with Crippen molar-refractivity contribution in [1.29, 1.82) is 0 Å². The highest BCUT2D eigenvalue weighted by atomic mass is 79.9. The number of aromatic amines is 2. The molecule has 0 radical (unpaired) electrons. The fourth-order valence-corrected chi connectivity index (χ4v) is 7.11. The van der Waals surface area contributed by atoms with Crippen molar-refractivity contribution in [2.75, 3.05) is 44.9 Å². The summed E-state index contributed by atoms with van der Waals surface area (Å²) in [4.78, 5) is 66.7. The van der Waals surface area contributed by atoms with Gasteiger partial charge in [-0.25, -0.2) is 19.2 Å². The maximum atomic E-state index is 14.3. The second kappa shape index (κ2) is 20.1. The standard InChI is InChI=1S/C22H24BrFN4O2.C20H21N5O6/c1-28-7-5-14(6-8-28)12-30-21-11-19-16(10-20(21)29-2)22(26-13-25-19)27-18-4-3-15(23)9-17(18)24;21-20-24-16-15(18(29)25-20)12(9-22-16)6-3-10-1-4-11(5-2-10)17(28)23-13(19(30)31)7-8-14(26)27/h3-4,9-11,13-14H,5-8,12H2,1-2H3,(H,25,26,27);1-2,4-5,9,13H,3,6-8H2,(H,23,28)(H,26,27)(H,30,31)(H4,21,22,24,25,29)/t;13-/m.0/s1. The molecule has 1 atom stereocenters. The van der Waals surface area contributed by atoms with E-state index in [1.54, 1.807) is 49.7 Å². The van der Waals surface area contributed by atoms with E-state index in [1.165, 1.54) is 12.4 Å². The lowest BCUT2D eigenvalue weighted by atomic mass is 9.98. The number of hydrogen-bond donors (Lipinski definition) is 7. The Kier molecular flexibility index (Phi) is 14.5. The number of amides is 1. The summed E-state index contributed by atoms with van der Waals surface area (Å²) >= 11 is 3.27. The third-order valence-electron chi connectivity index (χ3n) is 10.2. The summed E-state index contributed by atoms with van der Waals surface area (Å²) in [5.74, 6) is -1.08. The van der Waals surface area contributed by atoms with Gasteiger partial charge in [0.25, 0.3) is 11.5 Å². The summed E-state index contributed by atoms with van der Waals surface area (Å²) in [6.07, 6.45) is 5.98. The number of carboxylic acid groups (broad SMARTS) is 2. The summed E-state index contributed by atoms with van der Waals surface area (Å²) < 4.78 is 26.6. The number of rotatable bonds is 15. The molecule has 4 heterocycles. The van der Waals surface area contributed by atoms with Gasteiger partial charge in [0.2, 0.25) is 5.95 Å². The number of hydrogen-bond acceptors (Lipinski definition) is 12. The molecule has 320 valence electrons. The fourth-order valence-electron chi connectivity index (χ4n) is 6.78. The Bertz CT molecular complexity index is 2580. The molecule has 19 heteroatoms. The van der Waals surface area contributed by atoms with Crippen molar-refractivity contribution in [2.24, 2.45) is 5.92 Å². The van der Waals surface area contributed by atoms with Crippen LogP contribution >= 0.6 is 15.9 Å².